The van der Waals surface area contributed by atoms with Crippen molar-refractivity contribution in [3.05, 3.63) is 11.9 Å². The van der Waals surface area contributed by atoms with E-state index in [-0.39, 0.29) is 0 Å². The fourth-order valence-corrected chi connectivity index (χ4v) is 2.47. The molecule has 1 atom stereocenters. The minimum Gasteiger partial charge on any atom is -0.369 e. The van der Waals surface area contributed by atoms with Crippen molar-refractivity contribution in [2.24, 2.45) is 5.92 Å². The highest BCUT2D eigenvalue weighted by Gasteiger charge is 2.24. The second-order valence-electron chi connectivity index (χ2n) is 5.14. The van der Waals surface area contributed by atoms with Crippen LogP contribution in [0.4, 0.5) is 5.95 Å². The van der Waals surface area contributed by atoms with E-state index in [9.17, 15) is 0 Å². The Morgan fingerprint density at radius 2 is 2.31 bits per heavy atom. The van der Waals surface area contributed by atoms with Gasteiger partial charge in [0, 0.05) is 25.3 Å². The van der Waals surface area contributed by atoms with Crippen molar-refractivity contribution >= 4 is 5.95 Å². The highest BCUT2D eigenvalue weighted by molar-refractivity contribution is 5.21. The minimum atomic E-state index is 0.653. The molecular formula is C12H22N4. The van der Waals surface area contributed by atoms with Gasteiger partial charge < -0.3 is 15.2 Å². The molecule has 2 heterocycles. The Morgan fingerprint density at radius 1 is 1.56 bits per heavy atom. The molecule has 90 valence electrons. The van der Waals surface area contributed by atoms with Gasteiger partial charge in [-0.05, 0) is 39.7 Å². The van der Waals surface area contributed by atoms with Gasteiger partial charge in [-0.15, -0.1) is 0 Å². The number of rotatable bonds is 3. The van der Waals surface area contributed by atoms with Crippen molar-refractivity contribution in [1.82, 2.24) is 14.5 Å². The number of hydrogen-bond donors (Lipinski definition) is 1. The lowest BCUT2D eigenvalue weighted by Crippen LogP contribution is -2.28. The standard InChI is InChI=1S/C12H22N4/c1-9(2)15-5-4-11(7-15)8-16-6-10(3)14-12(16)13/h6,9,11H,4-5,7-8H2,1-3H3,(H2,13,14). The van der Waals surface area contributed by atoms with Crippen molar-refractivity contribution in [2.45, 2.75) is 39.8 Å². The number of nitrogens with two attached hydrogens (primary N) is 1. The molecule has 1 aliphatic heterocycles. The van der Waals surface area contributed by atoms with Crippen LogP contribution in [0.3, 0.4) is 0 Å². The van der Waals surface area contributed by atoms with Crippen LogP contribution < -0.4 is 5.73 Å². The molecule has 0 saturated carbocycles. The van der Waals surface area contributed by atoms with Gasteiger partial charge in [-0.2, -0.15) is 0 Å². The molecule has 2 N–H and O–H groups in total. The first-order chi connectivity index (χ1) is 7.56. The Labute approximate surface area is 97.4 Å². The molecule has 16 heavy (non-hydrogen) atoms. The van der Waals surface area contributed by atoms with E-state index in [0.29, 0.717) is 12.0 Å². The van der Waals surface area contributed by atoms with E-state index in [1.807, 2.05) is 13.1 Å². The summed E-state index contributed by atoms with van der Waals surface area (Å²) >= 11 is 0. The zero-order valence-corrected chi connectivity index (χ0v) is 10.5. The zero-order valence-electron chi connectivity index (χ0n) is 10.5. The highest BCUT2D eigenvalue weighted by atomic mass is 15.2. The maximum absolute atomic E-state index is 5.85. The first-order valence-corrected chi connectivity index (χ1v) is 6.09. The van der Waals surface area contributed by atoms with Crippen LogP contribution in [-0.2, 0) is 6.54 Å². The highest BCUT2D eigenvalue weighted by Crippen LogP contribution is 2.21. The summed E-state index contributed by atoms with van der Waals surface area (Å²) in [6.45, 7) is 9.93. The van der Waals surface area contributed by atoms with Crippen LogP contribution in [0.15, 0.2) is 6.20 Å². The van der Waals surface area contributed by atoms with Crippen LogP contribution in [0.2, 0.25) is 0 Å². The van der Waals surface area contributed by atoms with Gasteiger partial charge in [-0.1, -0.05) is 0 Å². The molecule has 4 nitrogen and oxygen atoms in total. The van der Waals surface area contributed by atoms with Crippen molar-refractivity contribution < 1.29 is 0 Å². The average Bonchev–Trinajstić information content (AvgIpc) is 2.75. The molecule has 0 aliphatic carbocycles. The third-order valence-electron chi connectivity index (χ3n) is 3.43. The van der Waals surface area contributed by atoms with Gasteiger partial charge in [0.05, 0.1) is 5.69 Å². The quantitative estimate of drug-likeness (QED) is 0.843. The normalized spacial score (nSPS) is 22.1. The van der Waals surface area contributed by atoms with E-state index in [0.717, 1.165) is 18.2 Å². The maximum Gasteiger partial charge on any atom is 0.200 e. The number of anilines is 1. The average molecular weight is 222 g/mol. The first kappa shape index (κ1) is 11.5. The molecule has 1 fully saturated rings. The third kappa shape index (κ3) is 2.38. The molecule has 1 aliphatic rings. The van der Waals surface area contributed by atoms with Crippen LogP contribution in [0, 0.1) is 12.8 Å². The van der Waals surface area contributed by atoms with Gasteiger partial charge in [0.25, 0.3) is 0 Å². The smallest absolute Gasteiger partial charge is 0.200 e. The lowest BCUT2D eigenvalue weighted by atomic mass is 10.1. The van der Waals surface area contributed by atoms with Gasteiger partial charge in [0.2, 0.25) is 0 Å². The molecule has 4 heteroatoms. The summed E-state index contributed by atoms with van der Waals surface area (Å²) in [6.07, 6.45) is 3.32. The van der Waals surface area contributed by atoms with Gasteiger partial charge >= 0.3 is 0 Å². The number of nitrogens with zero attached hydrogens (tertiary/aromatic N) is 3. The Morgan fingerprint density at radius 3 is 2.81 bits per heavy atom. The van der Waals surface area contributed by atoms with Crippen molar-refractivity contribution in [1.29, 1.82) is 0 Å². The van der Waals surface area contributed by atoms with Crippen molar-refractivity contribution in [3.8, 4) is 0 Å². The Hall–Kier alpha value is -1.03. The predicted molar refractivity (Wildman–Crippen MR) is 66.2 cm³/mol. The van der Waals surface area contributed by atoms with E-state index in [4.69, 9.17) is 5.73 Å². The molecule has 1 saturated heterocycles. The zero-order chi connectivity index (χ0) is 11.7. The van der Waals surface area contributed by atoms with E-state index < -0.39 is 0 Å². The van der Waals surface area contributed by atoms with Crippen molar-refractivity contribution in [2.75, 3.05) is 18.8 Å². The summed E-state index contributed by atoms with van der Waals surface area (Å²) in [4.78, 5) is 6.77. The van der Waals surface area contributed by atoms with E-state index >= 15 is 0 Å². The van der Waals surface area contributed by atoms with Crippen LogP contribution in [0.1, 0.15) is 26.0 Å². The molecule has 0 bridgehead atoms. The lowest BCUT2D eigenvalue weighted by Gasteiger charge is -2.20. The number of nitrogen functional groups attached to an aromatic ring is 1. The molecular weight excluding hydrogens is 200 g/mol. The Kier molecular flexibility index (Phi) is 3.19. The fourth-order valence-electron chi connectivity index (χ4n) is 2.47. The van der Waals surface area contributed by atoms with Crippen LogP contribution >= 0.6 is 0 Å². The minimum absolute atomic E-state index is 0.653. The molecule has 0 aromatic carbocycles. The van der Waals surface area contributed by atoms with Gasteiger partial charge in [0.15, 0.2) is 5.95 Å². The Balaban J connectivity index is 1.94. The summed E-state index contributed by atoms with van der Waals surface area (Å²) < 4.78 is 2.09. The summed E-state index contributed by atoms with van der Waals surface area (Å²) in [5, 5.41) is 0. The SMILES string of the molecule is Cc1cn(CC2CCN(C(C)C)C2)c(N)n1. The molecule has 0 spiro atoms. The summed E-state index contributed by atoms with van der Waals surface area (Å²) in [6, 6.07) is 0.659. The predicted octanol–water partition coefficient (Wildman–Crippen LogP) is 1.50. The maximum atomic E-state index is 5.85. The van der Waals surface area contributed by atoms with Gasteiger partial charge in [-0.3, -0.25) is 0 Å². The third-order valence-corrected chi connectivity index (χ3v) is 3.43. The van der Waals surface area contributed by atoms with Gasteiger partial charge in [0.1, 0.15) is 0 Å². The number of hydrogen-bond acceptors (Lipinski definition) is 3. The Bertz CT molecular complexity index is 356. The van der Waals surface area contributed by atoms with Crippen molar-refractivity contribution in [3.63, 3.8) is 0 Å². The van der Waals surface area contributed by atoms with E-state index in [1.165, 1.54) is 19.5 Å². The fraction of sp³-hybridized carbons (Fsp3) is 0.750. The van der Waals surface area contributed by atoms with Crippen LogP contribution in [-0.4, -0.2) is 33.6 Å². The second kappa shape index (κ2) is 4.45. The molecule has 1 aromatic heterocycles. The summed E-state index contributed by atoms with van der Waals surface area (Å²) in [5.41, 5.74) is 6.86. The second-order valence-corrected chi connectivity index (χ2v) is 5.14. The molecule has 1 aromatic rings. The summed E-state index contributed by atoms with van der Waals surface area (Å²) in [5.74, 6) is 1.37. The lowest BCUT2D eigenvalue weighted by molar-refractivity contribution is 0.261. The largest absolute Gasteiger partial charge is 0.369 e. The number of aryl methyl sites for hydroxylation is 1. The van der Waals surface area contributed by atoms with Crippen LogP contribution in [0.5, 0.6) is 0 Å². The van der Waals surface area contributed by atoms with Gasteiger partial charge in [-0.25, -0.2) is 4.98 Å². The molecule has 0 radical (unpaired) electrons. The van der Waals surface area contributed by atoms with E-state index in [2.05, 4.69) is 28.3 Å². The van der Waals surface area contributed by atoms with E-state index in [1.54, 1.807) is 0 Å². The number of likely N-dealkylation sites (tertiary alicyclic amines) is 1. The number of aromatic nitrogens is 2. The monoisotopic (exact) mass is 222 g/mol. The topological polar surface area (TPSA) is 47.1 Å². The molecule has 1 unspecified atom stereocenters. The number of imidazole rings is 1. The summed E-state index contributed by atoms with van der Waals surface area (Å²) in [7, 11) is 0. The molecule has 2 rings (SSSR count). The molecule has 0 amide bonds. The first-order valence-electron chi connectivity index (χ1n) is 6.09. The van der Waals surface area contributed by atoms with Crippen LogP contribution in [0.25, 0.3) is 0 Å².